The number of anilines is 2. The predicted molar refractivity (Wildman–Crippen MR) is 115 cm³/mol. The van der Waals surface area contributed by atoms with Gasteiger partial charge in [0.05, 0.1) is 12.0 Å². The summed E-state index contributed by atoms with van der Waals surface area (Å²) in [6.07, 6.45) is 0.0717. The molecule has 1 saturated heterocycles. The largest absolute Gasteiger partial charge is 0.455 e. The molecule has 3 amide bonds. The topological polar surface area (TPSA) is 105 Å². The third-order valence-electron chi connectivity index (χ3n) is 5.08. The number of likely N-dealkylation sites (tertiary alicyclic amines) is 1. The predicted octanol–water partition coefficient (Wildman–Crippen LogP) is 2.74. The zero-order chi connectivity index (χ0) is 22.4. The smallest absolute Gasteiger partial charge is 0.311 e. The van der Waals surface area contributed by atoms with Crippen LogP contribution in [0.25, 0.3) is 0 Å². The van der Waals surface area contributed by atoms with Crippen LogP contribution in [0.15, 0.2) is 54.6 Å². The lowest BCUT2D eigenvalue weighted by atomic mass is 10.1. The van der Waals surface area contributed by atoms with Crippen molar-refractivity contribution in [3.63, 3.8) is 0 Å². The van der Waals surface area contributed by atoms with Gasteiger partial charge in [0.1, 0.15) is 0 Å². The lowest BCUT2D eigenvalue weighted by Crippen LogP contribution is -2.30. The monoisotopic (exact) mass is 423 g/mol. The maximum Gasteiger partial charge on any atom is 0.311 e. The Hall–Kier alpha value is -3.68. The normalized spacial score (nSPS) is 16.5. The van der Waals surface area contributed by atoms with E-state index >= 15 is 0 Å². The van der Waals surface area contributed by atoms with Gasteiger partial charge < -0.3 is 20.3 Å². The minimum atomic E-state index is -0.594. The van der Waals surface area contributed by atoms with Crippen molar-refractivity contribution in [3.05, 3.63) is 60.2 Å². The highest BCUT2D eigenvalue weighted by molar-refractivity contribution is 5.94. The van der Waals surface area contributed by atoms with Crippen LogP contribution in [0.5, 0.6) is 0 Å². The molecule has 0 aromatic heterocycles. The number of nitrogens with zero attached hydrogens (tertiary/aromatic N) is 1. The molecule has 1 heterocycles. The van der Waals surface area contributed by atoms with Crippen molar-refractivity contribution in [2.45, 2.75) is 26.3 Å². The Labute approximate surface area is 180 Å². The molecule has 1 aliphatic rings. The van der Waals surface area contributed by atoms with Crippen LogP contribution in [0.2, 0.25) is 0 Å². The number of hydrogen-bond donors (Lipinski definition) is 2. The summed E-state index contributed by atoms with van der Waals surface area (Å²) in [6, 6.07) is 16.0. The highest BCUT2D eigenvalue weighted by atomic mass is 16.5. The Bertz CT molecular complexity index is 959. The van der Waals surface area contributed by atoms with E-state index in [-0.39, 0.29) is 30.8 Å². The van der Waals surface area contributed by atoms with Crippen molar-refractivity contribution < 1.29 is 23.9 Å². The van der Waals surface area contributed by atoms with E-state index in [1.54, 1.807) is 29.2 Å². The Morgan fingerprint density at radius 2 is 1.65 bits per heavy atom. The van der Waals surface area contributed by atoms with Gasteiger partial charge in [-0.1, -0.05) is 30.3 Å². The van der Waals surface area contributed by atoms with Gasteiger partial charge in [0, 0.05) is 31.3 Å². The third-order valence-corrected chi connectivity index (χ3v) is 5.08. The molecule has 2 atom stereocenters. The van der Waals surface area contributed by atoms with E-state index in [9.17, 15) is 19.2 Å². The molecule has 2 aromatic rings. The molecule has 8 nitrogen and oxygen atoms in total. The van der Waals surface area contributed by atoms with Gasteiger partial charge in [0.15, 0.2) is 6.61 Å². The maximum absolute atomic E-state index is 12.4. The molecule has 31 heavy (non-hydrogen) atoms. The summed E-state index contributed by atoms with van der Waals surface area (Å²) in [5.74, 6) is -1.94. The van der Waals surface area contributed by atoms with E-state index in [2.05, 4.69) is 10.6 Å². The minimum Gasteiger partial charge on any atom is -0.455 e. The molecule has 0 saturated carbocycles. The summed E-state index contributed by atoms with van der Waals surface area (Å²) in [7, 11) is 0. The molecule has 1 aliphatic heterocycles. The number of carbonyl (C=O) groups is 4. The second-order valence-corrected chi connectivity index (χ2v) is 7.45. The SMILES string of the molecule is CC(=O)Nc1ccc(NC(=O)COC(=O)[C@@H]2CC(=O)N([C@@H](C)c3ccccc3)C2)cc1. The van der Waals surface area contributed by atoms with Gasteiger partial charge in [-0.25, -0.2) is 0 Å². The van der Waals surface area contributed by atoms with Crippen LogP contribution in [0.1, 0.15) is 31.9 Å². The molecule has 2 N–H and O–H groups in total. The second kappa shape index (κ2) is 9.88. The fraction of sp³-hybridized carbons (Fsp3) is 0.304. The number of benzene rings is 2. The average molecular weight is 423 g/mol. The molecule has 162 valence electrons. The zero-order valence-corrected chi connectivity index (χ0v) is 17.5. The van der Waals surface area contributed by atoms with Gasteiger partial charge >= 0.3 is 5.97 Å². The minimum absolute atomic E-state index is 0.0717. The first-order chi connectivity index (χ1) is 14.8. The van der Waals surface area contributed by atoms with Crippen LogP contribution in [-0.4, -0.2) is 41.7 Å². The van der Waals surface area contributed by atoms with Crippen molar-refractivity contribution in [1.29, 1.82) is 0 Å². The molecule has 2 aromatic carbocycles. The molecule has 0 spiro atoms. The van der Waals surface area contributed by atoms with E-state index < -0.39 is 24.4 Å². The number of esters is 1. The van der Waals surface area contributed by atoms with Gasteiger partial charge in [-0.2, -0.15) is 0 Å². The van der Waals surface area contributed by atoms with Crippen LogP contribution in [0, 0.1) is 5.92 Å². The van der Waals surface area contributed by atoms with Crippen molar-refractivity contribution in [3.8, 4) is 0 Å². The average Bonchev–Trinajstić information content (AvgIpc) is 3.15. The van der Waals surface area contributed by atoms with Crippen LogP contribution >= 0.6 is 0 Å². The molecule has 0 radical (unpaired) electrons. The molecule has 0 bridgehead atoms. The summed E-state index contributed by atoms with van der Waals surface area (Å²) in [5.41, 5.74) is 2.11. The number of carbonyl (C=O) groups excluding carboxylic acids is 4. The van der Waals surface area contributed by atoms with Crippen LogP contribution in [0.4, 0.5) is 11.4 Å². The van der Waals surface area contributed by atoms with E-state index in [1.165, 1.54) is 6.92 Å². The first-order valence-corrected chi connectivity index (χ1v) is 10.0. The van der Waals surface area contributed by atoms with Gasteiger partial charge in [-0.3, -0.25) is 19.2 Å². The Morgan fingerprint density at radius 1 is 1.03 bits per heavy atom. The number of rotatable bonds is 7. The third kappa shape index (κ3) is 5.91. The van der Waals surface area contributed by atoms with Gasteiger partial charge in [0.2, 0.25) is 11.8 Å². The highest BCUT2D eigenvalue weighted by Crippen LogP contribution is 2.29. The Morgan fingerprint density at radius 3 is 2.26 bits per heavy atom. The van der Waals surface area contributed by atoms with Gasteiger partial charge in [-0.05, 0) is 36.8 Å². The van der Waals surface area contributed by atoms with Gasteiger partial charge in [-0.15, -0.1) is 0 Å². The van der Waals surface area contributed by atoms with Crippen molar-refractivity contribution >= 4 is 35.1 Å². The fourth-order valence-electron chi connectivity index (χ4n) is 3.47. The number of amides is 3. The maximum atomic E-state index is 12.4. The lowest BCUT2D eigenvalue weighted by molar-refractivity contribution is -0.151. The van der Waals surface area contributed by atoms with E-state index in [1.807, 2.05) is 37.3 Å². The summed E-state index contributed by atoms with van der Waals surface area (Å²) < 4.78 is 5.13. The molecular formula is C23H25N3O5. The Kier molecular flexibility index (Phi) is 7.02. The quantitative estimate of drug-likeness (QED) is 0.667. The summed E-state index contributed by atoms with van der Waals surface area (Å²) in [5, 5.41) is 5.25. The molecule has 1 fully saturated rings. The number of hydrogen-bond acceptors (Lipinski definition) is 5. The molecule has 3 rings (SSSR count). The standard InChI is InChI=1S/C23H25N3O5/c1-15(17-6-4-3-5-7-17)26-13-18(12-22(26)29)23(30)31-14-21(28)25-20-10-8-19(9-11-20)24-16(2)27/h3-11,15,18H,12-14H2,1-2H3,(H,24,27)(H,25,28)/t15-,18+/m0/s1. The first-order valence-electron chi connectivity index (χ1n) is 10.0. The lowest BCUT2D eigenvalue weighted by Gasteiger charge is -2.25. The zero-order valence-electron chi connectivity index (χ0n) is 17.5. The van der Waals surface area contributed by atoms with E-state index in [4.69, 9.17) is 4.74 Å². The second-order valence-electron chi connectivity index (χ2n) is 7.45. The molecule has 0 unspecified atom stereocenters. The van der Waals surface area contributed by atoms with E-state index in [0.717, 1.165) is 5.56 Å². The highest BCUT2D eigenvalue weighted by Gasteiger charge is 2.38. The van der Waals surface area contributed by atoms with Crippen LogP contribution in [0.3, 0.4) is 0 Å². The summed E-state index contributed by atoms with van der Waals surface area (Å²) in [6.45, 7) is 3.15. The van der Waals surface area contributed by atoms with Crippen molar-refractivity contribution in [2.75, 3.05) is 23.8 Å². The first kappa shape index (κ1) is 22.0. The number of ether oxygens (including phenoxy) is 1. The fourth-order valence-corrected chi connectivity index (χ4v) is 3.47. The van der Waals surface area contributed by atoms with Crippen molar-refractivity contribution in [2.24, 2.45) is 5.92 Å². The Balaban J connectivity index is 1.47. The van der Waals surface area contributed by atoms with Crippen LogP contribution in [-0.2, 0) is 23.9 Å². The molecular weight excluding hydrogens is 398 g/mol. The number of nitrogens with one attached hydrogen (secondary N) is 2. The van der Waals surface area contributed by atoms with Crippen LogP contribution < -0.4 is 10.6 Å². The molecule has 8 heteroatoms. The van der Waals surface area contributed by atoms with E-state index in [0.29, 0.717) is 11.4 Å². The van der Waals surface area contributed by atoms with Gasteiger partial charge in [0.25, 0.3) is 5.91 Å². The molecule has 0 aliphatic carbocycles. The van der Waals surface area contributed by atoms with Crippen molar-refractivity contribution in [1.82, 2.24) is 4.90 Å². The summed E-state index contributed by atoms with van der Waals surface area (Å²) in [4.78, 5) is 49.5. The summed E-state index contributed by atoms with van der Waals surface area (Å²) >= 11 is 0.